The Labute approximate surface area is 269 Å². The quantitative estimate of drug-likeness (QED) is 0.186. The van der Waals surface area contributed by atoms with Gasteiger partial charge in [-0.05, 0) is 74.4 Å². The Morgan fingerprint density at radius 1 is 0.826 bits per heavy atom. The van der Waals surface area contributed by atoms with Crippen LogP contribution < -0.4 is 14.4 Å². The van der Waals surface area contributed by atoms with Crippen molar-refractivity contribution in [2.45, 2.75) is 62.6 Å². The molecule has 240 valence electrons. The van der Waals surface area contributed by atoms with Crippen LogP contribution in [0.2, 0.25) is 0 Å². The molecule has 1 N–H and O–H groups in total. The Balaban J connectivity index is 1.46. The number of ether oxygens (including phenoxy) is 1. The number of hydrogen-bond donors (Lipinski definition) is 1. The number of nitrogens with zero attached hydrogens (tertiary/aromatic N) is 2. The van der Waals surface area contributed by atoms with Crippen LogP contribution >= 0.6 is 0 Å². The first-order valence-electron chi connectivity index (χ1n) is 15.5. The summed E-state index contributed by atoms with van der Waals surface area (Å²) in [6.07, 6.45) is 4.85. The van der Waals surface area contributed by atoms with Crippen molar-refractivity contribution in [3.05, 3.63) is 121 Å². The summed E-state index contributed by atoms with van der Waals surface area (Å²) < 4.78 is 49.8. The molecular weight excluding hydrogens is 605 g/mol. The van der Waals surface area contributed by atoms with Crippen LogP contribution in [0.4, 0.5) is 10.1 Å². The number of sulfonamides is 1. The molecule has 1 fully saturated rings. The van der Waals surface area contributed by atoms with Gasteiger partial charge in [-0.2, -0.15) is 0 Å². The van der Waals surface area contributed by atoms with Crippen molar-refractivity contribution in [2.24, 2.45) is 0 Å². The molecule has 0 unspecified atom stereocenters. The third-order valence-corrected chi connectivity index (χ3v) is 9.92. The second-order valence-corrected chi connectivity index (χ2v) is 13.2. The second kappa shape index (κ2) is 15.1. The van der Waals surface area contributed by atoms with Crippen molar-refractivity contribution in [1.29, 1.82) is 0 Å². The van der Waals surface area contributed by atoms with Crippen molar-refractivity contribution in [2.75, 3.05) is 10.8 Å². The van der Waals surface area contributed by atoms with Gasteiger partial charge in [-0.1, -0.05) is 73.9 Å². The van der Waals surface area contributed by atoms with Crippen LogP contribution in [-0.4, -0.2) is 43.8 Å². The Kier molecular flexibility index (Phi) is 10.7. The molecule has 8 nitrogen and oxygen atoms in total. The Morgan fingerprint density at radius 3 is 2.07 bits per heavy atom. The molecule has 4 aromatic rings. The summed E-state index contributed by atoms with van der Waals surface area (Å²) in [5, 5.41) is 3.05. The van der Waals surface area contributed by atoms with Gasteiger partial charge in [-0.25, -0.2) is 12.8 Å². The lowest BCUT2D eigenvalue weighted by Crippen LogP contribution is -2.53. The molecule has 1 saturated carbocycles. The molecule has 0 heterocycles. The van der Waals surface area contributed by atoms with Gasteiger partial charge in [0.15, 0.2) is 0 Å². The minimum absolute atomic E-state index is 0.000639. The highest BCUT2D eigenvalue weighted by Crippen LogP contribution is 2.29. The number of carbonyl (C=O) groups excluding carboxylic acids is 2. The molecule has 0 saturated heterocycles. The summed E-state index contributed by atoms with van der Waals surface area (Å²) in [7, 11) is -4.23. The average molecular weight is 644 g/mol. The normalized spacial score (nSPS) is 14.2. The Bertz CT molecular complexity index is 1710. The van der Waals surface area contributed by atoms with Crippen molar-refractivity contribution in [3.63, 3.8) is 0 Å². The summed E-state index contributed by atoms with van der Waals surface area (Å²) >= 11 is 0. The minimum atomic E-state index is -4.23. The van der Waals surface area contributed by atoms with E-state index in [0.717, 1.165) is 36.4 Å². The van der Waals surface area contributed by atoms with Crippen LogP contribution in [0.3, 0.4) is 0 Å². The predicted molar refractivity (Wildman–Crippen MR) is 175 cm³/mol. The maximum Gasteiger partial charge on any atom is 0.264 e. The molecule has 0 aliphatic heterocycles. The highest BCUT2D eigenvalue weighted by molar-refractivity contribution is 7.92. The molecule has 0 aromatic heterocycles. The molecular formula is C36H38FN3O5S. The first kappa shape index (κ1) is 32.7. The monoisotopic (exact) mass is 643 g/mol. The van der Waals surface area contributed by atoms with E-state index in [-0.39, 0.29) is 34.6 Å². The van der Waals surface area contributed by atoms with Gasteiger partial charge >= 0.3 is 0 Å². The van der Waals surface area contributed by atoms with Crippen LogP contribution in [0.5, 0.6) is 11.5 Å². The van der Waals surface area contributed by atoms with E-state index < -0.39 is 34.3 Å². The zero-order valence-electron chi connectivity index (χ0n) is 25.7. The fourth-order valence-corrected chi connectivity index (χ4v) is 6.95. The van der Waals surface area contributed by atoms with Gasteiger partial charge in [0.25, 0.3) is 10.0 Å². The van der Waals surface area contributed by atoms with Gasteiger partial charge in [-0.3, -0.25) is 13.9 Å². The molecule has 10 heteroatoms. The number of anilines is 1. The zero-order chi connectivity index (χ0) is 32.5. The highest BCUT2D eigenvalue weighted by Gasteiger charge is 2.33. The molecule has 0 radical (unpaired) electrons. The lowest BCUT2D eigenvalue weighted by Gasteiger charge is -2.33. The lowest BCUT2D eigenvalue weighted by atomic mass is 9.95. The number of amides is 2. The summed E-state index contributed by atoms with van der Waals surface area (Å²) in [5.74, 6) is -0.450. The second-order valence-electron chi connectivity index (χ2n) is 11.4. The Morgan fingerprint density at radius 2 is 1.41 bits per heavy atom. The van der Waals surface area contributed by atoms with Crippen molar-refractivity contribution in [1.82, 2.24) is 10.2 Å². The number of para-hydroxylation sites is 1. The first-order valence-corrected chi connectivity index (χ1v) is 16.9. The molecule has 5 rings (SSSR count). The zero-order valence-corrected chi connectivity index (χ0v) is 26.5. The van der Waals surface area contributed by atoms with E-state index in [9.17, 15) is 22.4 Å². The topological polar surface area (TPSA) is 96.0 Å². The average Bonchev–Trinajstić information content (AvgIpc) is 3.08. The van der Waals surface area contributed by atoms with Crippen molar-refractivity contribution in [3.8, 4) is 11.5 Å². The third kappa shape index (κ3) is 8.11. The number of carbonyl (C=O) groups is 2. The van der Waals surface area contributed by atoms with Crippen LogP contribution in [0.25, 0.3) is 0 Å². The van der Waals surface area contributed by atoms with Gasteiger partial charge in [0.1, 0.15) is 29.9 Å². The SMILES string of the molecule is C[C@@H](C(=O)NC1CCCCC1)N(Cc1ccccc1F)C(=O)CN(c1ccc(Oc2ccccc2)cc1)S(=O)(=O)c1ccccc1. The summed E-state index contributed by atoms with van der Waals surface area (Å²) in [4.78, 5) is 28.9. The van der Waals surface area contributed by atoms with Crippen LogP contribution in [-0.2, 0) is 26.2 Å². The van der Waals surface area contributed by atoms with Crippen LogP contribution in [0.1, 0.15) is 44.6 Å². The number of hydrogen-bond acceptors (Lipinski definition) is 5. The predicted octanol–water partition coefficient (Wildman–Crippen LogP) is 6.68. The summed E-state index contributed by atoms with van der Waals surface area (Å²) in [5.41, 5.74) is 0.441. The summed E-state index contributed by atoms with van der Waals surface area (Å²) in [6.45, 7) is 0.752. The Hall–Kier alpha value is -4.70. The summed E-state index contributed by atoms with van der Waals surface area (Å²) in [6, 6.07) is 28.4. The maximum atomic E-state index is 14.8. The van der Waals surface area contributed by atoms with Crippen LogP contribution in [0, 0.1) is 5.82 Å². The van der Waals surface area contributed by atoms with E-state index in [1.807, 2.05) is 18.2 Å². The smallest absolute Gasteiger partial charge is 0.264 e. The fraction of sp³-hybridized carbons (Fsp3) is 0.278. The number of rotatable bonds is 12. The number of halogens is 1. The van der Waals surface area contributed by atoms with Crippen molar-refractivity contribution >= 4 is 27.5 Å². The van der Waals surface area contributed by atoms with Crippen LogP contribution in [0.15, 0.2) is 114 Å². The van der Waals surface area contributed by atoms with E-state index in [1.54, 1.807) is 79.7 Å². The molecule has 4 aromatic carbocycles. The van der Waals surface area contributed by atoms with E-state index in [0.29, 0.717) is 11.5 Å². The fourth-order valence-electron chi connectivity index (χ4n) is 5.51. The molecule has 46 heavy (non-hydrogen) atoms. The molecule has 2 amide bonds. The molecule has 0 spiro atoms. The largest absolute Gasteiger partial charge is 0.457 e. The maximum absolute atomic E-state index is 14.8. The van der Waals surface area contributed by atoms with Crippen molar-refractivity contribution < 1.29 is 27.1 Å². The standard InChI is InChI=1S/C36H38FN3O5S/c1-27(36(42)38-29-14-5-2-6-15-29)39(25-28-13-11-12-20-34(28)37)35(41)26-40(46(43,44)33-18-9-4-10-19-33)30-21-23-32(24-22-30)45-31-16-7-3-8-17-31/h3-4,7-13,16-24,27,29H,2,5-6,14-15,25-26H2,1H3,(H,38,42)/t27-/m0/s1. The number of nitrogens with one attached hydrogen (secondary N) is 1. The highest BCUT2D eigenvalue weighted by atomic mass is 32.2. The van der Waals surface area contributed by atoms with Gasteiger partial charge < -0.3 is 15.0 Å². The minimum Gasteiger partial charge on any atom is -0.457 e. The van der Waals surface area contributed by atoms with E-state index in [1.165, 1.54) is 23.1 Å². The molecule has 1 aliphatic carbocycles. The van der Waals surface area contributed by atoms with E-state index >= 15 is 0 Å². The van der Waals surface area contributed by atoms with Gasteiger partial charge in [0, 0.05) is 18.2 Å². The number of benzene rings is 4. The molecule has 1 aliphatic rings. The lowest BCUT2D eigenvalue weighted by molar-refractivity contribution is -0.139. The molecule has 1 atom stereocenters. The first-order chi connectivity index (χ1) is 22.2. The van der Waals surface area contributed by atoms with Gasteiger partial charge in [-0.15, -0.1) is 0 Å². The third-order valence-electron chi connectivity index (χ3n) is 8.13. The van der Waals surface area contributed by atoms with Gasteiger partial charge in [0.05, 0.1) is 10.6 Å². The van der Waals surface area contributed by atoms with E-state index in [4.69, 9.17) is 4.74 Å². The van der Waals surface area contributed by atoms with Gasteiger partial charge in [0.2, 0.25) is 11.8 Å². The molecule has 0 bridgehead atoms. The van der Waals surface area contributed by atoms with E-state index in [2.05, 4.69) is 5.32 Å².